The minimum atomic E-state index is -0.175. The highest BCUT2D eigenvalue weighted by molar-refractivity contribution is 6.07. The molecule has 2 aliphatic heterocycles. The number of rotatable bonds is 9. The summed E-state index contributed by atoms with van der Waals surface area (Å²) in [4.78, 5) is 2.39. The summed E-state index contributed by atoms with van der Waals surface area (Å²) in [7, 11) is 0. The fourth-order valence-corrected chi connectivity index (χ4v) is 7.37. The van der Waals surface area contributed by atoms with Gasteiger partial charge in [0.2, 0.25) is 5.69 Å². The SMILES string of the molecule is CC1(C)C(/C=C/C=C/C=C2/N(CCCO)c3ccc4ccccc4c3C2(C)C)=[N+](CCCO)c2ccc3ccccc3c21. The lowest BCUT2D eigenvalue weighted by atomic mass is 9.79. The first kappa shape index (κ1) is 29.1. The van der Waals surface area contributed by atoms with E-state index in [1.165, 1.54) is 55.5 Å². The third kappa shape index (κ3) is 4.93. The molecule has 0 unspecified atom stereocenters. The number of aliphatic hydroxyl groups excluding tert-OH is 2. The molecule has 4 nitrogen and oxygen atoms in total. The summed E-state index contributed by atoms with van der Waals surface area (Å²) in [6.45, 7) is 11.1. The number of benzene rings is 4. The third-order valence-corrected chi connectivity index (χ3v) is 9.32. The fraction of sp³-hybridized carbons (Fsp3) is 0.308. The van der Waals surface area contributed by atoms with Crippen LogP contribution in [0.3, 0.4) is 0 Å². The minimum Gasteiger partial charge on any atom is -0.396 e. The van der Waals surface area contributed by atoms with Gasteiger partial charge in [-0.2, -0.15) is 4.58 Å². The van der Waals surface area contributed by atoms with Gasteiger partial charge in [0.25, 0.3) is 0 Å². The van der Waals surface area contributed by atoms with Crippen molar-refractivity contribution in [2.75, 3.05) is 31.2 Å². The van der Waals surface area contributed by atoms with E-state index in [1.54, 1.807) is 0 Å². The molecular weight excluding hydrogens is 528 g/mol. The van der Waals surface area contributed by atoms with Gasteiger partial charge in [0.1, 0.15) is 0 Å². The smallest absolute Gasteiger partial charge is 0.210 e. The Morgan fingerprint density at radius 2 is 1.35 bits per heavy atom. The molecule has 4 heteroatoms. The maximum absolute atomic E-state index is 9.66. The molecule has 0 saturated heterocycles. The molecule has 0 saturated carbocycles. The highest BCUT2D eigenvalue weighted by Crippen LogP contribution is 2.51. The van der Waals surface area contributed by atoms with Crippen molar-refractivity contribution in [2.45, 2.75) is 51.4 Å². The Morgan fingerprint density at radius 3 is 2.05 bits per heavy atom. The molecule has 0 amide bonds. The van der Waals surface area contributed by atoms with Crippen molar-refractivity contribution in [1.82, 2.24) is 0 Å². The van der Waals surface area contributed by atoms with Crippen LogP contribution in [-0.2, 0) is 10.8 Å². The van der Waals surface area contributed by atoms with Crippen molar-refractivity contribution in [3.05, 3.63) is 120 Å². The van der Waals surface area contributed by atoms with E-state index in [4.69, 9.17) is 0 Å². The minimum absolute atomic E-state index is 0.171. The molecule has 2 N–H and O–H groups in total. The van der Waals surface area contributed by atoms with Gasteiger partial charge in [-0.25, -0.2) is 0 Å². The van der Waals surface area contributed by atoms with Crippen molar-refractivity contribution < 1.29 is 14.8 Å². The molecular formula is C39H43N2O2+. The maximum Gasteiger partial charge on any atom is 0.210 e. The predicted molar refractivity (Wildman–Crippen MR) is 181 cm³/mol. The predicted octanol–water partition coefficient (Wildman–Crippen LogP) is 7.93. The van der Waals surface area contributed by atoms with Crippen LogP contribution in [0.25, 0.3) is 21.5 Å². The van der Waals surface area contributed by atoms with Crippen LogP contribution in [-0.4, -0.2) is 46.8 Å². The summed E-state index contributed by atoms with van der Waals surface area (Å²) >= 11 is 0. The zero-order chi connectivity index (χ0) is 30.2. The Kier molecular flexibility index (Phi) is 7.85. The monoisotopic (exact) mass is 571 g/mol. The summed E-state index contributed by atoms with van der Waals surface area (Å²) in [5.41, 5.74) is 7.32. The average Bonchev–Trinajstić information content (AvgIpc) is 3.37. The quantitative estimate of drug-likeness (QED) is 0.158. The molecule has 2 heterocycles. The standard InChI is InChI=1S/C39H43N2O2/c1-38(2)34(40(24-12-26-42)32-22-20-28-14-8-10-16-30(28)36(32)38)18-6-5-7-19-35-39(3,4)37-31-17-11-9-15-29(31)21-23-33(37)41(35)25-13-27-43/h5-11,14-23,42-43H,12-13,24-27H2,1-4H3/q+1. The number of hydrogen-bond acceptors (Lipinski definition) is 3. The zero-order valence-corrected chi connectivity index (χ0v) is 25.8. The number of hydrogen-bond donors (Lipinski definition) is 2. The molecule has 6 rings (SSSR count). The summed E-state index contributed by atoms with van der Waals surface area (Å²) in [6.07, 6.45) is 12.3. The average molecular weight is 572 g/mol. The topological polar surface area (TPSA) is 46.7 Å². The van der Waals surface area contributed by atoms with Gasteiger partial charge in [-0.3, -0.25) is 0 Å². The van der Waals surface area contributed by atoms with Crippen molar-refractivity contribution in [1.29, 1.82) is 0 Å². The first-order valence-corrected chi connectivity index (χ1v) is 15.5. The summed E-state index contributed by atoms with van der Waals surface area (Å²) in [5.74, 6) is 0. The third-order valence-electron chi connectivity index (χ3n) is 9.32. The second-order valence-corrected chi connectivity index (χ2v) is 12.8. The van der Waals surface area contributed by atoms with E-state index in [0.717, 1.165) is 25.9 Å². The van der Waals surface area contributed by atoms with Gasteiger partial charge in [-0.05, 0) is 65.6 Å². The highest BCUT2D eigenvalue weighted by Gasteiger charge is 2.45. The number of allylic oxidation sites excluding steroid dienone is 6. The van der Waals surface area contributed by atoms with E-state index >= 15 is 0 Å². The van der Waals surface area contributed by atoms with Crippen LogP contribution in [0.15, 0.2) is 109 Å². The van der Waals surface area contributed by atoms with Gasteiger partial charge in [0.05, 0.1) is 5.41 Å². The van der Waals surface area contributed by atoms with Crippen molar-refractivity contribution in [2.24, 2.45) is 0 Å². The van der Waals surface area contributed by atoms with Crippen LogP contribution < -0.4 is 4.90 Å². The van der Waals surface area contributed by atoms with Gasteiger partial charge in [-0.15, -0.1) is 0 Å². The Labute approximate surface area is 255 Å². The molecule has 0 aliphatic carbocycles. The Hall–Kier alpha value is -3.99. The van der Waals surface area contributed by atoms with Gasteiger partial charge >= 0.3 is 0 Å². The Balaban J connectivity index is 1.35. The molecule has 0 aromatic heterocycles. The lowest BCUT2D eigenvalue weighted by Crippen LogP contribution is -2.28. The number of fused-ring (bicyclic) bond motifs is 6. The summed E-state index contributed by atoms with van der Waals surface area (Å²) < 4.78 is 2.39. The molecule has 0 radical (unpaired) electrons. The van der Waals surface area contributed by atoms with E-state index in [-0.39, 0.29) is 24.0 Å². The van der Waals surface area contributed by atoms with Crippen molar-refractivity contribution in [3.8, 4) is 0 Å². The molecule has 220 valence electrons. The molecule has 0 spiro atoms. The largest absolute Gasteiger partial charge is 0.396 e. The number of nitrogens with zero attached hydrogens (tertiary/aromatic N) is 2. The maximum atomic E-state index is 9.66. The van der Waals surface area contributed by atoms with E-state index < -0.39 is 0 Å². The van der Waals surface area contributed by atoms with Gasteiger partial charge < -0.3 is 15.1 Å². The second kappa shape index (κ2) is 11.6. The van der Waals surface area contributed by atoms with Gasteiger partial charge in [0, 0.05) is 60.7 Å². The van der Waals surface area contributed by atoms with Crippen LogP contribution in [0.1, 0.15) is 51.7 Å². The van der Waals surface area contributed by atoms with E-state index in [9.17, 15) is 10.2 Å². The number of anilines is 1. The van der Waals surface area contributed by atoms with Crippen LogP contribution >= 0.6 is 0 Å². The summed E-state index contributed by atoms with van der Waals surface area (Å²) in [6, 6.07) is 26.2. The molecule has 43 heavy (non-hydrogen) atoms. The molecule has 0 fully saturated rings. The normalized spacial score (nSPS) is 18.2. The zero-order valence-electron chi connectivity index (χ0n) is 25.8. The Bertz CT molecular complexity index is 1810. The molecule has 0 bridgehead atoms. The van der Waals surface area contributed by atoms with Crippen molar-refractivity contribution >= 4 is 38.6 Å². The lowest BCUT2D eigenvalue weighted by molar-refractivity contribution is -0.438. The van der Waals surface area contributed by atoms with E-state index in [0.29, 0.717) is 0 Å². The molecule has 4 aromatic carbocycles. The van der Waals surface area contributed by atoms with Crippen LogP contribution in [0, 0.1) is 0 Å². The van der Waals surface area contributed by atoms with Crippen molar-refractivity contribution in [3.63, 3.8) is 0 Å². The van der Waals surface area contributed by atoms with E-state index in [1.807, 2.05) is 0 Å². The van der Waals surface area contributed by atoms with E-state index in [2.05, 4.69) is 140 Å². The summed E-state index contributed by atoms with van der Waals surface area (Å²) in [5, 5.41) is 24.4. The van der Waals surface area contributed by atoms with Crippen LogP contribution in [0.5, 0.6) is 0 Å². The molecule has 2 aliphatic rings. The first-order valence-electron chi connectivity index (χ1n) is 15.5. The molecule has 0 atom stereocenters. The number of aliphatic hydroxyl groups is 2. The second-order valence-electron chi connectivity index (χ2n) is 12.8. The fourth-order valence-electron chi connectivity index (χ4n) is 7.37. The van der Waals surface area contributed by atoms with Gasteiger partial charge in [-0.1, -0.05) is 86.7 Å². The lowest BCUT2D eigenvalue weighted by Gasteiger charge is -2.27. The molecule has 4 aromatic rings. The first-order chi connectivity index (χ1) is 20.8. The van der Waals surface area contributed by atoms with Crippen LogP contribution in [0.4, 0.5) is 11.4 Å². The highest BCUT2D eigenvalue weighted by atomic mass is 16.3. The van der Waals surface area contributed by atoms with Crippen LogP contribution in [0.2, 0.25) is 0 Å². The Morgan fingerprint density at radius 1 is 0.698 bits per heavy atom. The van der Waals surface area contributed by atoms with Gasteiger partial charge in [0.15, 0.2) is 12.3 Å².